The van der Waals surface area contributed by atoms with Crippen LogP contribution >= 0.6 is 0 Å². The molecule has 5 nitrogen and oxygen atoms in total. The quantitative estimate of drug-likeness (QED) is 0.820. The van der Waals surface area contributed by atoms with Crippen LogP contribution in [0.25, 0.3) is 0 Å². The molecule has 24 heavy (non-hydrogen) atoms. The van der Waals surface area contributed by atoms with Gasteiger partial charge in [-0.2, -0.15) is 10.4 Å². The van der Waals surface area contributed by atoms with Crippen molar-refractivity contribution >= 4 is 11.6 Å². The molecule has 2 N–H and O–H groups in total. The molecular weight excluding hydrogens is 298 g/mol. The molecule has 0 radical (unpaired) electrons. The third-order valence-corrected chi connectivity index (χ3v) is 5.00. The van der Waals surface area contributed by atoms with Gasteiger partial charge in [-0.05, 0) is 50.2 Å². The minimum atomic E-state index is 0.503. The SMILES string of the molecule is CCCC(CC)c1cc(Nc2nc(C)c3c(c2C#N)CCC3)n[nH]1. The third kappa shape index (κ3) is 3.01. The van der Waals surface area contributed by atoms with E-state index >= 15 is 0 Å². The number of rotatable bonds is 6. The van der Waals surface area contributed by atoms with E-state index in [2.05, 4.69) is 46.5 Å². The van der Waals surface area contributed by atoms with E-state index in [1.165, 1.54) is 11.1 Å². The number of nitrogens with zero attached hydrogens (tertiary/aromatic N) is 3. The number of anilines is 2. The first kappa shape index (κ1) is 16.5. The summed E-state index contributed by atoms with van der Waals surface area (Å²) in [6.45, 7) is 6.43. The van der Waals surface area contributed by atoms with Crippen molar-refractivity contribution in [1.29, 1.82) is 5.26 Å². The Morgan fingerprint density at radius 3 is 2.83 bits per heavy atom. The van der Waals surface area contributed by atoms with Gasteiger partial charge in [0.2, 0.25) is 0 Å². The van der Waals surface area contributed by atoms with Crippen LogP contribution in [-0.2, 0) is 12.8 Å². The third-order valence-electron chi connectivity index (χ3n) is 5.00. The zero-order chi connectivity index (χ0) is 17.1. The van der Waals surface area contributed by atoms with Crippen molar-refractivity contribution in [1.82, 2.24) is 15.2 Å². The molecule has 1 aliphatic rings. The molecule has 126 valence electrons. The van der Waals surface area contributed by atoms with Crippen LogP contribution in [0.3, 0.4) is 0 Å². The molecular formula is C19H25N5. The Morgan fingerprint density at radius 1 is 1.33 bits per heavy atom. The molecule has 2 heterocycles. The Balaban J connectivity index is 1.89. The maximum atomic E-state index is 9.59. The van der Waals surface area contributed by atoms with Crippen LogP contribution in [0, 0.1) is 18.3 Å². The van der Waals surface area contributed by atoms with Gasteiger partial charge in [0.05, 0.1) is 5.56 Å². The van der Waals surface area contributed by atoms with Crippen molar-refractivity contribution in [3.05, 3.63) is 34.1 Å². The van der Waals surface area contributed by atoms with Gasteiger partial charge >= 0.3 is 0 Å². The lowest BCUT2D eigenvalue weighted by Gasteiger charge is -2.12. The van der Waals surface area contributed by atoms with E-state index in [0.29, 0.717) is 17.3 Å². The number of pyridine rings is 1. The summed E-state index contributed by atoms with van der Waals surface area (Å²) in [6, 6.07) is 4.39. The summed E-state index contributed by atoms with van der Waals surface area (Å²) in [4.78, 5) is 4.63. The highest BCUT2D eigenvalue weighted by atomic mass is 15.2. The van der Waals surface area contributed by atoms with E-state index in [4.69, 9.17) is 0 Å². The monoisotopic (exact) mass is 323 g/mol. The van der Waals surface area contributed by atoms with Gasteiger partial charge in [0.15, 0.2) is 5.82 Å². The molecule has 0 aromatic carbocycles. The van der Waals surface area contributed by atoms with Gasteiger partial charge in [0, 0.05) is 23.4 Å². The molecule has 0 aliphatic heterocycles. The summed E-state index contributed by atoms with van der Waals surface area (Å²) in [7, 11) is 0. The van der Waals surface area contributed by atoms with Gasteiger partial charge in [0.1, 0.15) is 11.9 Å². The molecule has 0 bridgehead atoms. The molecule has 0 saturated carbocycles. The molecule has 2 aromatic rings. The molecule has 1 atom stereocenters. The topological polar surface area (TPSA) is 77.4 Å². The van der Waals surface area contributed by atoms with Crippen molar-refractivity contribution < 1.29 is 0 Å². The summed E-state index contributed by atoms with van der Waals surface area (Å²) in [6.07, 6.45) is 6.51. The van der Waals surface area contributed by atoms with Gasteiger partial charge in [-0.25, -0.2) is 4.98 Å². The van der Waals surface area contributed by atoms with E-state index in [1.54, 1.807) is 0 Å². The standard InChI is InChI=1S/C19H25N5/c1-4-7-13(5-2)17-10-18(24-23-17)22-19-16(11-20)15-9-6-8-14(15)12(3)21-19/h10,13H,4-9H2,1-3H3,(H2,21,22,23,24). The van der Waals surface area contributed by atoms with E-state index < -0.39 is 0 Å². The fourth-order valence-corrected chi connectivity index (χ4v) is 3.72. The largest absolute Gasteiger partial charge is 0.322 e. The second kappa shape index (κ2) is 7.04. The summed E-state index contributed by atoms with van der Waals surface area (Å²) < 4.78 is 0. The predicted molar refractivity (Wildman–Crippen MR) is 95.5 cm³/mol. The Hall–Kier alpha value is -2.35. The highest BCUT2D eigenvalue weighted by Crippen LogP contribution is 2.32. The van der Waals surface area contributed by atoms with E-state index in [0.717, 1.165) is 55.7 Å². The first-order chi connectivity index (χ1) is 11.7. The lowest BCUT2D eigenvalue weighted by molar-refractivity contribution is 0.579. The second-order valence-electron chi connectivity index (χ2n) is 6.57. The summed E-state index contributed by atoms with van der Waals surface area (Å²) in [5, 5.41) is 20.4. The van der Waals surface area contributed by atoms with Crippen LogP contribution in [0.4, 0.5) is 11.6 Å². The number of H-pyrrole nitrogens is 1. The number of aromatic nitrogens is 3. The maximum absolute atomic E-state index is 9.59. The zero-order valence-electron chi connectivity index (χ0n) is 14.7. The van der Waals surface area contributed by atoms with Gasteiger partial charge in [-0.3, -0.25) is 5.10 Å². The van der Waals surface area contributed by atoms with Gasteiger partial charge in [-0.15, -0.1) is 0 Å². The minimum Gasteiger partial charge on any atom is -0.322 e. The number of hydrogen-bond acceptors (Lipinski definition) is 4. The first-order valence-corrected chi connectivity index (χ1v) is 8.92. The number of hydrogen-bond donors (Lipinski definition) is 2. The Bertz CT molecular complexity index is 769. The number of nitriles is 1. The minimum absolute atomic E-state index is 0.503. The molecule has 0 amide bonds. The van der Waals surface area contributed by atoms with Gasteiger partial charge in [0.25, 0.3) is 0 Å². The van der Waals surface area contributed by atoms with Crippen LogP contribution in [0.15, 0.2) is 6.07 Å². The van der Waals surface area contributed by atoms with Gasteiger partial charge in [-0.1, -0.05) is 20.3 Å². The predicted octanol–water partition coefficient (Wildman–Crippen LogP) is 4.51. The molecule has 0 fully saturated rings. The fourth-order valence-electron chi connectivity index (χ4n) is 3.72. The second-order valence-corrected chi connectivity index (χ2v) is 6.57. The molecule has 5 heteroatoms. The maximum Gasteiger partial charge on any atom is 0.153 e. The number of fused-ring (bicyclic) bond motifs is 1. The lowest BCUT2D eigenvalue weighted by Crippen LogP contribution is -2.04. The molecule has 1 unspecified atom stereocenters. The van der Waals surface area contributed by atoms with E-state index in [9.17, 15) is 5.26 Å². The van der Waals surface area contributed by atoms with E-state index in [1.807, 2.05) is 6.92 Å². The first-order valence-electron chi connectivity index (χ1n) is 8.92. The fraction of sp³-hybridized carbons (Fsp3) is 0.526. The number of aryl methyl sites for hydroxylation is 1. The molecule has 0 spiro atoms. The van der Waals surface area contributed by atoms with Crippen LogP contribution in [0.1, 0.15) is 73.5 Å². The van der Waals surface area contributed by atoms with Crippen molar-refractivity contribution in [2.75, 3.05) is 5.32 Å². The normalized spacial score (nSPS) is 14.2. The summed E-state index contributed by atoms with van der Waals surface area (Å²) in [5.41, 5.74) is 5.28. The Labute approximate surface area is 143 Å². The smallest absolute Gasteiger partial charge is 0.153 e. The van der Waals surface area contributed by atoms with Crippen molar-refractivity contribution in [2.24, 2.45) is 0 Å². The molecule has 3 rings (SSSR count). The molecule has 0 saturated heterocycles. The van der Waals surface area contributed by atoms with Crippen LogP contribution in [0.5, 0.6) is 0 Å². The van der Waals surface area contributed by atoms with Crippen LogP contribution in [0.2, 0.25) is 0 Å². The van der Waals surface area contributed by atoms with Crippen molar-refractivity contribution in [3.63, 3.8) is 0 Å². The van der Waals surface area contributed by atoms with Crippen molar-refractivity contribution in [2.45, 2.75) is 65.2 Å². The zero-order valence-corrected chi connectivity index (χ0v) is 14.7. The van der Waals surface area contributed by atoms with E-state index in [-0.39, 0.29) is 0 Å². The van der Waals surface area contributed by atoms with Gasteiger partial charge < -0.3 is 5.32 Å². The molecule has 2 aromatic heterocycles. The highest BCUT2D eigenvalue weighted by molar-refractivity contribution is 5.65. The lowest BCUT2D eigenvalue weighted by atomic mass is 9.97. The number of nitrogens with one attached hydrogen (secondary N) is 2. The Kier molecular flexibility index (Phi) is 4.84. The number of aromatic amines is 1. The average molecular weight is 323 g/mol. The summed E-state index contributed by atoms with van der Waals surface area (Å²) in [5.74, 6) is 1.88. The highest BCUT2D eigenvalue weighted by Gasteiger charge is 2.22. The van der Waals surface area contributed by atoms with Crippen LogP contribution in [-0.4, -0.2) is 15.2 Å². The average Bonchev–Trinajstić information content (AvgIpc) is 3.23. The summed E-state index contributed by atoms with van der Waals surface area (Å²) >= 11 is 0. The molecule has 1 aliphatic carbocycles. The van der Waals surface area contributed by atoms with Crippen molar-refractivity contribution in [3.8, 4) is 6.07 Å². The Morgan fingerprint density at radius 2 is 2.12 bits per heavy atom. The van der Waals surface area contributed by atoms with Crippen LogP contribution < -0.4 is 5.32 Å².